The average molecular weight is 145 g/mol. The Kier molecular flexibility index (Phi) is 2.34. The van der Waals surface area contributed by atoms with Crippen LogP contribution < -0.4 is 0 Å². The molecule has 0 radical (unpaired) electrons. The van der Waals surface area contributed by atoms with Crippen molar-refractivity contribution >= 4 is 0 Å². The highest BCUT2D eigenvalue weighted by Gasteiger charge is 2.30. The third kappa shape index (κ3) is 1.33. The third-order valence-corrected chi connectivity index (χ3v) is 1.92. The van der Waals surface area contributed by atoms with Gasteiger partial charge >= 0.3 is 0 Å². The van der Waals surface area contributed by atoms with E-state index in [-0.39, 0.29) is 0 Å². The van der Waals surface area contributed by atoms with Gasteiger partial charge in [0, 0.05) is 0 Å². The van der Waals surface area contributed by atoms with Crippen LogP contribution in [0, 0.1) is 4.91 Å². The van der Waals surface area contributed by atoms with Crippen molar-refractivity contribution in [2.75, 3.05) is 0 Å². The van der Waals surface area contributed by atoms with E-state index in [0.29, 0.717) is 12.8 Å². The summed E-state index contributed by atoms with van der Waals surface area (Å²) in [5.74, 6) is 0. The van der Waals surface area contributed by atoms with Gasteiger partial charge in [-0.05, 0) is 19.3 Å². The summed E-state index contributed by atoms with van der Waals surface area (Å²) in [6.07, 6.45) is 0.256. The SMILES string of the molecule is O=NC1CCCC(O)C1O. The van der Waals surface area contributed by atoms with Gasteiger partial charge in [0.25, 0.3) is 0 Å². The quantitative estimate of drug-likeness (QED) is 0.511. The molecule has 0 aliphatic heterocycles. The van der Waals surface area contributed by atoms with Crippen LogP contribution in [-0.4, -0.2) is 28.5 Å². The minimum atomic E-state index is -0.939. The van der Waals surface area contributed by atoms with Crippen LogP contribution in [0.4, 0.5) is 0 Å². The first-order chi connectivity index (χ1) is 4.75. The van der Waals surface area contributed by atoms with Gasteiger partial charge in [-0.3, -0.25) is 0 Å². The molecule has 1 saturated carbocycles. The lowest BCUT2D eigenvalue weighted by molar-refractivity contribution is -0.0203. The van der Waals surface area contributed by atoms with Crippen LogP contribution in [-0.2, 0) is 0 Å². The molecule has 3 unspecified atom stereocenters. The predicted octanol–water partition coefficient (Wildman–Crippen LogP) is 0.0271. The van der Waals surface area contributed by atoms with Gasteiger partial charge in [0.2, 0.25) is 0 Å². The maximum Gasteiger partial charge on any atom is 0.120 e. The number of nitrogens with zero attached hydrogens (tertiary/aromatic N) is 1. The van der Waals surface area contributed by atoms with Crippen molar-refractivity contribution in [1.29, 1.82) is 0 Å². The third-order valence-electron chi connectivity index (χ3n) is 1.92. The van der Waals surface area contributed by atoms with Gasteiger partial charge in [0.1, 0.15) is 12.1 Å². The first-order valence-electron chi connectivity index (χ1n) is 3.44. The highest BCUT2D eigenvalue weighted by atomic mass is 16.3. The number of rotatable bonds is 1. The van der Waals surface area contributed by atoms with E-state index in [0.717, 1.165) is 6.42 Å². The molecule has 0 bridgehead atoms. The Morgan fingerprint density at radius 1 is 1.30 bits per heavy atom. The summed E-state index contributed by atoms with van der Waals surface area (Å²) in [6.45, 7) is 0. The molecule has 4 heteroatoms. The number of nitroso groups, excluding NO2 is 1. The highest BCUT2D eigenvalue weighted by Crippen LogP contribution is 2.21. The number of hydrogen-bond acceptors (Lipinski definition) is 4. The van der Waals surface area contributed by atoms with E-state index in [9.17, 15) is 4.91 Å². The van der Waals surface area contributed by atoms with Gasteiger partial charge in [0.15, 0.2) is 0 Å². The van der Waals surface area contributed by atoms with Crippen molar-refractivity contribution in [3.63, 3.8) is 0 Å². The molecule has 58 valence electrons. The molecule has 0 heterocycles. The summed E-state index contributed by atoms with van der Waals surface area (Å²) < 4.78 is 0. The van der Waals surface area contributed by atoms with Gasteiger partial charge < -0.3 is 10.2 Å². The lowest BCUT2D eigenvalue weighted by atomic mass is 9.91. The van der Waals surface area contributed by atoms with Gasteiger partial charge in [-0.1, -0.05) is 5.18 Å². The second-order valence-electron chi connectivity index (χ2n) is 2.66. The zero-order valence-electron chi connectivity index (χ0n) is 5.60. The Hall–Kier alpha value is -0.480. The Labute approximate surface area is 58.8 Å². The predicted molar refractivity (Wildman–Crippen MR) is 35.4 cm³/mol. The molecule has 1 aliphatic carbocycles. The topological polar surface area (TPSA) is 69.9 Å². The van der Waals surface area contributed by atoms with Gasteiger partial charge in [0.05, 0.1) is 6.10 Å². The highest BCUT2D eigenvalue weighted by molar-refractivity contribution is 4.85. The number of hydrogen-bond donors (Lipinski definition) is 2. The van der Waals surface area contributed by atoms with Crippen LogP contribution in [0.25, 0.3) is 0 Å². The molecule has 0 amide bonds. The van der Waals surface area contributed by atoms with E-state index in [1.54, 1.807) is 0 Å². The second-order valence-corrected chi connectivity index (χ2v) is 2.66. The van der Waals surface area contributed by atoms with Crippen molar-refractivity contribution in [3.05, 3.63) is 4.91 Å². The Morgan fingerprint density at radius 3 is 2.50 bits per heavy atom. The number of aliphatic hydroxyl groups is 2. The molecular formula is C6H11NO3. The minimum absolute atomic E-state index is 0.577. The van der Waals surface area contributed by atoms with Crippen molar-refractivity contribution < 1.29 is 10.2 Å². The van der Waals surface area contributed by atoms with E-state index in [4.69, 9.17) is 10.2 Å². The minimum Gasteiger partial charge on any atom is -0.390 e. The fourth-order valence-electron chi connectivity index (χ4n) is 1.25. The molecule has 0 aromatic rings. The van der Waals surface area contributed by atoms with E-state index in [1.807, 2.05) is 0 Å². The molecular weight excluding hydrogens is 134 g/mol. The molecule has 1 aliphatic rings. The van der Waals surface area contributed by atoms with E-state index < -0.39 is 18.2 Å². The summed E-state index contributed by atoms with van der Waals surface area (Å²) >= 11 is 0. The summed E-state index contributed by atoms with van der Waals surface area (Å²) in [6, 6.07) is -0.594. The molecule has 1 rings (SSSR count). The molecule has 4 nitrogen and oxygen atoms in total. The first kappa shape index (κ1) is 7.63. The Morgan fingerprint density at radius 2 is 2.00 bits per heavy atom. The van der Waals surface area contributed by atoms with Crippen LogP contribution in [0.2, 0.25) is 0 Å². The van der Waals surface area contributed by atoms with Gasteiger partial charge in [-0.25, -0.2) is 0 Å². The summed E-state index contributed by atoms with van der Waals surface area (Å²) in [4.78, 5) is 9.99. The summed E-state index contributed by atoms with van der Waals surface area (Å²) in [5, 5.41) is 20.8. The normalized spacial score (nSPS) is 41.2. The molecule has 0 spiro atoms. The lowest BCUT2D eigenvalue weighted by Gasteiger charge is -2.26. The van der Waals surface area contributed by atoms with Crippen LogP contribution in [0.3, 0.4) is 0 Å². The molecule has 3 atom stereocenters. The average Bonchev–Trinajstić information content (AvgIpc) is 1.95. The second kappa shape index (κ2) is 3.07. The van der Waals surface area contributed by atoms with E-state index in [1.165, 1.54) is 0 Å². The van der Waals surface area contributed by atoms with Crippen LogP contribution in [0.1, 0.15) is 19.3 Å². The molecule has 2 N–H and O–H groups in total. The molecule has 0 saturated heterocycles. The van der Waals surface area contributed by atoms with E-state index in [2.05, 4.69) is 5.18 Å². The molecule has 0 aromatic heterocycles. The van der Waals surface area contributed by atoms with Gasteiger partial charge in [-0.15, -0.1) is 0 Å². The monoisotopic (exact) mass is 145 g/mol. The largest absolute Gasteiger partial charge is 0.390 e. The van der Waals surface area contributed by atoms with Crippen molar-refractivity contribution in [2.24, 2.45) is 5.18 Å². The fourth-order valence-corrected chi connectivity index (χ4v) is 1.25. The Bertz CT molecular complexity index is 128. The fraction of sp³-hybridized carbons (Fsp3) is 1.00. The number of aliphatic hydroxyl groups excluding tert-OH is 2. The van der Waals surface area contributed by atoms with Crippen molar-refractivity contribution in [3.8, 4) is 0 Å². The van der Waals surface area contributed by atoms with Crippen LogP contribution >= 0.6 is 0 Å². The van der Waals surface area contributed by atoms with Crippen LogP contribution in [0.15, 0.2) is 5.18 Å². The van der Waals surface area contributed by atoms with Crippen molar-refractivity contribution in [2.45, 2.75) is 37.5 Å². The lowest BCUT2D eigenvalue weighted by Crippen LogP contribution is -2.39. The summed E-state index contributed by atoms with van der Waals surface area (Å²) in [5.41, 5.74) is 0. The Balaban J connectivity index is 2.50. The maximum absolute atomic E-state index is 9.99. The van der Waals surface area contributed by atoms with Crippen LogP contribution in [0.5, 0.6) is 0 Å². The van der Waals surface area contributed by atoms with E-state index >= 15 is 0 Å². The zero-order chi connectivity index (χ0) is 7.56. The molecule has 1 fully saturated rings. The molecule has 10 heavy (non-hydrogen) atoms. The zero-order valence-corrected chi connectivity index (χ0v) is 5.60. The smallest absolute Gasteiger partial charge is 0.120 e. The first-order valence-corrected chi connectivity index (χ1v) is 3.44. The van der Waals surface area contributed by atoms with Crippen molar-refractivity contribution in [1.82, 2.24) is 0 Å². The maximum atomic E-state index is 9.99. The standard InChI is InChI=1S/C6H11NO3/c8-5-3-1-2-4(7-10)6(5)9/h4-6,8-9H,1-3H2. The molecule has 0 aromatic carbocycles. The van der Waals surface area contributed by atoms with Gasteiger partial charge in [-0.2, -0.15) is 4.91 Å². The summed E-state index contributed by atoms with van der Waals surface area (Å²) in [7, 11) is 0.